The number of aryl methyl sites for hydroxylation is 1. The van der Waals surface area contributed by atoms with Crippen LogP contribution in [0.5, 0.6) is 0 Å². The van der Waals surface area contributed by atoms with Gasteiger partial charge in [-0.1, -0.05) is 23.2 Å². The Morgan fingerprint density at radius 1 is 1.32 bits per heavy atom. The smallest absolute Gasteiger partial charge is 0.156 e. The molecular formula is C12H8BrCl2N3O. The lowest BCUT2D eigenvalue weighted by atomic mass is 10.3. The van der Waals surface area contributed by atoms with Crippen molar-refractivity contribution < 1.29 is 4.79 Å². The lowest BCUT2D eigenvalue weighted by Crippen LogP contribution is -2.03. The molecule has 0 spiro atoms. The summed E-state index contributed by atoms with van der Waals surface area (Å²) in [6, 6.07) is 5.31. The van der Waals surface area contributed by atoms with Gasteiger partial charge in [-0.05, 0) is 41.1 Å². The normalized spacial score (nSPS) is 10.3. The highest BCUT2D eigenvalue weighted by Crippen LogP contribution is 2.28. The van der Waals surface area contributed by atoms with Crippen molar-refractivity contribution in [2.75, 3.05) is 5.32 Å². The third-order valence-corrected chi connectivity index (χ3v) is 3.83. The Morgan fingerprint density at radius 3 is 2.68 bits per heavy atom. The average molecular weight is 361 g/mol. The molecule has 0 aliphatic heterocycles. The predicted molar refractivity (Wildman–Crippen MR) is 79.6 cm³/mol. The van der Waals surface area contributed by atoms with Crippen LogP contribution in [0, 0.1) is 6.92 Å². The molecule has 0 saturated carbocycles. The number of aldehydes is 1. The molecule has 0 radical (unpaired) electrons. The first-order chi connectivity index (χ1) is 9.01. The van der Waals surface area contributed by atoms with E-state index in [0.717, 1.165) is 4.47 Å². The molecule has 0 atom stereocenters. The van der Waals surface area contributed by atoms with Crippen molar-refractivity contribution in [2.45, 2.75) is 6.92 Å². The van der Waals surface area contributed by atoms with Crippen LogP contribution in [-0.4, -0.2) is 16.3 Å². The van der Waals surface area contributed by atoms with Crippen LogP contribution in [0.3, 0.4) is 0 Å². The molecular weight excluding hydrogens is 353 g/mol. The number of aromatic nitrogens is 2. The predicted octanol–water partition coefficient (Wildman–Crippen LogP) is 4.41. The molecule has 7 heteroatoms. The Hall–Kier alpha value is -1.17. The quantitative estimate of drug-likeness (QED) is 0.650. The molecule has 1 aromatic heterocycles. The van der Waals surface area contributed by atoms with Gasteiger partial charge in [-0.15, -0.1) is 0 Å². The fraction of sp³-hybridized carbons (Fsp3) is 0.0833. The number of carbonyl (C=O) groups excluding carboxylic acids is 1. The van der Waals surface area contributed by atoms with E-state index < -0.39 is 0 Å². The van der Waals surface area contributed by atoms with Gasteiger partial charge in [0.15, 0.2) is 6.29 Å². The molecule has 0 amide bonds. The zero-order chi connectivity index (χ0) is 14.0. The summed E-state index contributed by atoms with van der Waals surface area (Å²) in [5, 5.41) is 3.67. The van der Waals surface area contributed by atoms with Crippen molar-refractivity contribution in [3.63, 3.8) is 0 Å². The lowest BCUT2D eigenvalue weighted by Gasteiger charge is -2.10. The van der Waals surface area contributed by atoms with Crippen LogP contribution < -0.4 is 5.32 Å². The Labute approximate surface area is 128 Å². The summed E-state index contributed by atoms with van der Waals surface area (Å²) < 4.78 is 0.784. The van der Waals surface area contributed by atoms with E-state index in [1.54, 1.807) is 25.1 Å². The molecule has 1 aromatic carbocycles. The molecule has 98 valence electrons. The van der Waals surface area contributed by atoms with E-state index in [0.29, 0.717) is 28.6 Å². The summed E-state index contributed by atoms with van der Waals surface area (Å²) in [5.74, 6) is 0.826. The third-order valence-electron chi connectivity index (χ3n) is 2.31. The van der Waals surface area contributed by atoms with Crippen LogP contribution >= 0.6 is 39.1 Å². The van der Waals surface area contributed by atoms with Crippen LogP contribution in [-0.2, 0) is 0 Å². The zero-order valence-corrected chi connectivity index (χ0v) is 12.8. The van der Waals surface area contributed by atoms with Gasteiger partial charge in [0.05, 0.1) is 10.6 Å². The number of hydrogen-bond acceptors (Lipinski definition) is 4. The molecule has 2 rings (SSSR count). The van der Waals surface area contributed by atoms with E-state index in [1.807, 2.05) is 0 Å². The molecule has 19 heavy (non-hydrogen) atoms. The van der Waals surface area contributed by atoms with E-state index >= 15 is 0 Å². The first kappa shape index (κ1) is 14.2. The van der Waals surface area contributed by atoms with Gasteiger partial charge in [0.1, 0.15) is 16.8 Å². The van der Waals surface area contributed by atoms with Crippen molar-refractivity contribution in [1.29, 1.82) is 0 Å². The fourth-order valence-corrected chi connectivity index (χ4v) is 2.14. The molecule has 0 unspecified atom stereocenters. The van der Waals surface area contributed by atoms with Gasteiger partial charge in [0.25, 0.3) is 0 Å². The highest BCUT2D eigenvalue weighted by Gasteiger charge is 2.11. The van der Waals surface area contributed by atoms with Gasteiger partial charge in [-0.25, -0.2) is 9.97 Å². The number of nitrogens with one attached hydrogen (secondary N) is 1. The molecule has 0 saturated heterocycles. The minimum atomic E-state index is 0.119. The van der Waals surface area contributed by atoms with Gasteiger partial charge < -0.3 is 5.32 Å². The maximum Gasteiger partial charge on any atom is 0.156 e. The molecule has 1 N–H and O–H groups in total. The fourth-order valence-electron chi connectivity index (χ4n) is 1.46. The highest BCUT2D eigenvalue weighted by molar-refractivity contribution is 9.10. The van der Waals surface area contributed by atoms with Crippen molar-refractivity contribution >= 4 is 56.9 Å². The number of halogens is 3. The van der Waals surface area contributed by atoms with Gasteiger partial charge in [0.2, 0.25) is 0 Å². The van der Waals surface area contributed by atoms with Crippen molar-refractivity contribution in [1.82, 2.24) is 9.97 Å². The Kier molecular flexibility index (Phi) is 4.39. The standard InChI is InChI=1S/C12H8BrCl2N3O/c1-6-16-11(15)8(5-19)12(17-6)18-7-2-3-9(13)10(14)4-7/h2-5H,1H3,(H,16,17,18). The number of anilines is 2. The topological polar surface area (TPSA) is 54.9 Å². The van der Waals surface area contributed by atoms with E-state index in [9.17, 15) is 4.79 Å². The number of nitrogens with zero attached hydrogens (tertiary/aromatic N) is 2. The maximum absolute atomic E-state index is 11.0. The second-order valence-corrected chi connectivity index (χ2v) is 5.32. The molecule has 0 fully saturated rings. The van der Waals surface area contributed by atoms with Crippen LogP contribution in [0.15, 0.2) is 22.7 Å². The summed E-state index contributed by atoms with van der Waals surface area (Å²) in [4.78, 5) is 19.1. The number of rotatable bonds is 3. The summed E-state index contributed by atoms with van der Waals surface area (Å²) in [5.41, 5.74) is 0.914. The minimum absolute atomic E-state index is 0.119. The average Bonchev–Trinajstić information content (AvgIpc) is 2.33. The molecule has 0 aliphatic rings. The van der Waals surface area contributed by atoms with Gasteiger partial charge in [-0.2, -0.15) is 0 Å². The van der Waals surface area contributed by atoms with Gasteiger partial charge in [-0.3, -0.25) is 4.79 Å². The largest absolute Gasteiger partial charge is 0.339 e. The van der Waals surface area contributed by atoms with Crippen LogP contribution in [0.2, 0.25) is 10.2 Å². The number of carbonyl (C=O) groups is 1. The molecule has 1 heterocycles. The van der Waals surface area contributed by atoms with Crippen LogP contribution in [0.1, 0.15) is 16.2 Å². The SMILES string of the molecule is Cc1nc(Cl)c(C=O)c(Nc2ccc(Br)c(Cl)c2)n1. The zero-order valence-electron chi connectivity index (χ0n) is 9.75. The number of hydrogen-bond donors (Lipinski definition) is 1. The van der Waals surface area contributed by atoms with Gasteiger partial charge in [0, 0.05) is 10.2 Å². The summed E-state index contributed by atoms with van der Waals surface area (Å²) >= 11 is 15.2. The molecule has 0 aliphatic carbocycles. The molecule has 4 nitrogen and oxygen atoms in total. The second-order valence-electron chi connectivity index (χ2n) is 3.70. The van der Waals surface area contributed by atoms with E-state index in [2.05, 4.69) is 31.2 Å². The van der Waals surface area contributed by atoms with Crippen LogP contribution in [0.4, 0.5) is 11.5 Å². The maximum atomic E-state index is 11.0. The van der Waals surface area contributed by atoms with Crippen LogP contribution in [0.25, 0.3) is 0 Å². The van der Waals surface area contributed by atoms with E-state index in [-0.39, 0.29) is 10.7 Å². The number of benzene rings is 1. The lowest BCUT2D eigenvalue weighted by molar-refractivity contribution is 0.112. The van der Waals surface area contributed by atoms with Crippen molar-refractivity contribution in [3.05, 3.63) is 44.2 Å². The third kappa shape index (κ3) is 3.23. The Bertz CT molecular complexity index is 649. The van der Waals surface area contributed by atoms with Crippen molar-refractivity contribution in [3.8, 4) is 0 Å². The summed E-state index contributed by atoms with van der Waals surface area (Å²) in [6.07, 6.45) is 0.616. The Balaban J connectivity index is 2.42. The van der Waals surface area contributed by atoms with E-state index in [1.165, 1.54) is 0 Å². The summed E-state index contributed by atoms with van der Waals surface area (Å²) in [7, 11) is 0. The first-order valence-corrected chi connectivity index (χ1v) is 6.77. The molecule has 2 aromatic rings. The summed E-state index contributed by atoms with van der Waals surface area (Å²) in [6.45, 7) is 1.69. The van der Waals surface area contributed by atoms with E-state index in [4.69, 9.17) is 23.2 Å². The van der Waals surface area contributed by atoms with Gasteiger partial charge >= 0.3 is 0 Å². The second kappa shape index (κ2) is 5.86. The monoisotopic (exact) mass is 359 g/mol. The minimum Gasteiger partial charge on any atom is -0.339 e. The highest BCUT2D eigenvalue weighted by atomic mass is 79.9. The first-order valence-electron chi connectivity index (χ1n) is 5.22. The van der Waals surface area contributed by atoms with Crippen molar-refractivity contribution in [2.24, 2.45) is 0 Å². The molecule has 0 bridgehead atoms. The Morgan fingerprint density at radius 2 is 2.05 bits per heavy atom.